The number of esters is 1. The molecule has 8 heteroatoms. The van der Waals surface area contributed by atoms with Crippen molar-refractivity contribution < 1.29 is 22.7 Å². The van der Waals surface area contributed by atoms with Crippen molar-refractivity contribution in [2.75, 3.05) is 5.32 Å². The molecule has 2 rings (SSSR count). The Morgan fingerprint density at radius 3 is 2.12 bits per heavy atom. The monoisotopic (exact) mass is 362 g/mol. The summed E-state index contributed by atoms with van der Waals surface area (Å²) in [6.07, 6.45) is -1.02. The Balaban J connectivity index is 1.98. The van der Waals surface area contributed by atoms with E-state index in [1.54, 1.807) is 24.3 Å². The second kappa shape index (κ2) is 7.45. The van der Waals surface area contributed by atoms with E-state index in [4.69, 9.17) is 9.88 Å². The molecular weight excluding hydrogens is 344 g/mol. The number of carbonyl (C=O) groups excluding carboxylic acids is 2. The minimum Gasteiger partial charge on any atom is -0.449 e. The predicted molar refractivity (Wildman–Crippen MR) is 92.5 cm³/mol. The second-order valence-electron chi connectivity index (χ2n) is 5.47. The summed E-state index contributed by atoms with van der Waals surface area (Å²) in [6, 6.07) is 12.1. The van der Waals surface area contributed by atoms with Crippen LogP contribution in [-0.4, -0.2) is 26.4 Å². The average Bonchev–Trinajstić information content (AvgIpc) is 2.55. The van der Waals surface area contributed by atoms with Crippen molar-refractivity contribution in [3.8, 4) is 0 Å². The van der Waals surface area contributed by atoms with Gasteiger partial charge in [0.15, 0.2) is 6.10 Å². The molecule has 0 bridgehead atoms. The highest BCUT2D eigenvalue weighted by atomic mass is 32.2. The van der Waals surface area contributed by atoms with Crippen LogP contribution in [0.1, 0.15) is 22.8 Å². The summed E-state index contributed by atoms with van der Waals surface area (Å²) in [5, 5.41) is 7.54. The van der Waals surface area contributed by atoms with E-state index in [1.807, 2.05) is 6.92 Å². The maximum absolute atomic E-state index is 12.1. The Hall–Kier alpha value is -2.71. The normalized spacial score (nSPS) is 12.3. The molecule has 3 N–H and O–H groups in total. The van der Waals surface area contributed by atoms with Gasteiger partial charge in [-0.2, -0.15) is 0 Å². The molecule has 0 saturated heterocycles. The Morgan fingerprint density at radius 1 is 1.04 bits per heavy atom. The van der Waals surface area contributed by atoms with E-state index in [-0.39, 0.29) is 4.90 Å². The van der Waals surface area contributed by atoms with E-state index in [1.165, 1.54) is 31.2 Å². The third kappa shape index (κ3) is 5.13. The van der Waals surface area contributed by atoms with Crippen LogP contribution in [0.4, 0.5) is 5.69 Å². The third-order valence-corrected chi connectivity index (χ3v) is 4.32. The van der Waals surface area contributed by atoms with Crippen molar-refractivity contribution in [3.63, 3.8) is 0 Å². The number of hydrogen-bond donors (Lipinski definition) is 2. The van der Waals surface area contributed by atoms with Gasteiger partial charge < -0.3 is 10.1 Å². The number of primary sulfonamides is 1. The van der Waals surface area contributed by atoms with E-state index in [0.717, 1.165) is 5.56 Å². The van der Waals surface area contributed by atoms with E-state index in [0.29, 0.717) is 11.3 Å². The van der Waals surface area contributed by atoms with Gasteiger partial charge in [-0.1, -0.05) is 17.7 Å². The molecule has 0 aliphatic rings. The van der Waals surface area contributed by atoms with Crippen LogP contribution >= 0.6 is 0 Å². The molecular formula is C17H18N2O5S. The molecule has 2 aromatic rings. The fraction of sp³-hybridized carbons (Fsp3) is 0.176. The Morgan fingerprint density at radius 2 is 1.60 bits per heavy atom. The highest BCUT2D eigenvalue weighted by Crippen LogP contribution is 2.14. The van der Waals surface area contributed by atoms with Crippen molar-refractivity contribution in [1.29, 1.82) is 0 Å². The first-order valence-corrected chi connectivity index (χ1v) is 8.93. The SMILES string of the molecule is Cc1ccc(C(=O)O[C@H](C)C(=O)Nc2ccc(S(N)(=O)=O)cc2)cc1. The smallest absolute Gasteiger partial charge is 0.338 e. The van der Waals surface area contributed by atoms with Crippen LogP contribution in [0.3, 0.4) is 0 Å². The Bertz CT molecular complexity index is 874. The van der Waals surface area contributed by atoms with E-state index < -0.39 is 28.0 Å². The number of benzene rings is 2. The maximum Gasteiger partial charge on any atom is 0.338 e. The van der Waals surface area contributed by atoms with Gasteiger partial charge in [0, 0.05) is 5.69 Å². The van der Waals surface area contributed by atoms with Crippen LogP contribution in [-0.2, 0) is 19.6 Å². The fourth-order valence-corrected chi connectivity index (χ4v) is 2.46. The fourth-order valence-electron chi connectivity index (χ4n) is 1.94. The molecule has 0 heterocycles. The number of sulfonamides is 1. The zero-order valence-corrected chi connectivity index (χ0v) is 14.5. The molecule has 2 aromatic carbocycles. The Labute approximate surface area is 145 Å². The first-order chi connectivity index (χ1) is 11.7. The van der Waals surface area contributed by atoms with Gasteiger partial charge in [-0.3, -0.25) is 4.79 Å². The van der Waals surface area contributed by atoms with Crippen molar-refractivity contribution in [2.24, 2.45) is 5.14 Å². The molecule has 7 nitrogen and oxygen atoms in total. The average molecular weight is 362 g/mol. The van der Waals surface area contributed by atoms with Gasteiger partial charge in [-0.25, -0.2) is 18.4 Å². The Kier molecular flexibility index (Phi) is 5.55. The summed E-state index contributed by atoms with van der Waals surface area (Å²) in [4.78, 5) is 24.0. The standard InChI is InChI=1S/C17H18N2O5S/c1-11-3-5-13(6-4-11)17(21)24-12(2)16(20)19-14-7-9-15(10-8-14)25(18,22)23/h3-10,12H,1-2H3,(H,19,20)(H2,18,22,23)/t12-/m1/s1. The molecule has 0 aliphatic heterocycles. The predicted octanol–water partition coefficient (Wildman–Crippen LogP) is 1.83. The minimum atomic E-state index is -3.80. The summed E-state index contributed by atoms with van der Waals surface area (Å²) in [5.74, 6) is -1.14. The van der Waals surface area contributed by atoms with Gasteiger partial charge in [0.1, 0.15) is 0 Å². The van der Waals surface area contributed by atoms with Crippen molar-refractivity contribution in [3.05, 3.63) is 59.7 Å². The molecule has 0 aliphatic carbocycles. The summed E-state index contributed by atoms with van der Waals surface area (Å²) in [7, 11) is -3.80. The lowest BCUT2D eigenvalue weighted by Crippen LogP contribution is -2.30. The molecule has 0 spiro atoms. The van der Waals surface area contributed by atoms with Gasteiger partial charge in [0.05, 0.1) is 10.5 Å². The van der Waals surface area contributed by atoms with E-state index >= 15 is 0 Å². The van der Waals surface area contributed by atoms with Crippen molar-refractivity contribution in [1.82, 2.24) is 0 Å². The second-order valence-corrected chi connectivity index (χ2v) is 7.03. The molecule has 1 atom stereocenters. The van der Waals surface area contributed by atoms with Gasteiger partial charge in [-0.05, 0) is 50.2 Å². The van der Waals surface area contributed by atoms with Gasteiger partial charge in [-0.15, -0.1) is 0 Å². The van der Waals surface area contributed by atoms with Gasteiger partial charge in [0.2, 0.25) is 10.0 Å². The van der Waals surface area contributed by atoms with Crippen LogP contribution < -0.4 is 10.5 Å². The molecule has 0 unspecified atom stereocenters. The highest BCUT2D eigenvalue weighted by molar-refractivity contribution is 7.89. The zero-order valence-electron chi connectivity index (χ0n) is 13.7. The number of nitrogens with one attached hydrogen (secondary N) is 1. The number of amides is 1. The lowest BCUT2D eigenvalue weighted by atomic mass is 10.1. The minimum absolute atomic E-state index is 0.0654. The lowest BCUT2D eigenvalue weighted by Gasteiger charge is -2.14. The number of rotatable bonds is 5. The number of anilines is 1. The third-order valence-electron chi connectivity index (χ3n) is 3.39. The first kappa shape index (κ1) is 18.6. The number of hydrogen-bond acceptors (Lipinski definition) is 5. The zero-order chi connectivity index (χ0) is 18.6. The number of carbonyl (C=O) groups is 2. The lowest BCUT2D eigenvalue weighted by molar-refractivity contribution is -0.123. The quantitative estimate of drug-likeness (QED) is 0.787. The van der Waals surface area contributed by atoms with Gasteiger partial charge in [0.25, 0.3) is 5.91 Å². The largest absolute Gasteiger partial charge is 0.449 e. The molecule has 1 amide bonds. The maximum atomic E-state index is 12.1. The van der Waals surface area contributed by atoms with Crippen LogP contribution in [0, 0.1) is 6.92 Å². The number of aryl methyl sites for hydroxylation is 1. The molecule has 132 valence electrons. The van der Waals surface area contributed by atoms with Gasteiger partial charge >= 0.3 is 5.97 Å². The molecule has 25 heavy (non-hydrogen) atoms. The van der Waals surface area contributed by atoms with Crippen molar-refractivity contribution >= 4 is 27.6 Å². The summed E-state index contributed by atoms with van der Waals surface area (Å²) >= 11 is 0. The first-order valence-electron chi connectivity index (χ1n) is 7.38. The highest BCUT2D eigenvalue weighted by Gasteiger charge is 2.19. The number of nitrogens with two attached hydrogens (primary N) is 1. The van der Waals surface area contributed by atoms with Crippen LogP contribution in [0.25, 0.3) is 0 Å². The summed E-state index contributed by atoms with van der Waals surface area (Å²) in [6.45, 7) is 3.34. The molecule has 0 saturated carbocycles. The molecule has 0 fully saturated rings. The summed E-state index contributed by atoms with van der Waals surface area (Å²) < 4.78 is 27.5. The molecule has 0 radical (unpaired) electrons. The van der Waals surface area contributed by atoms with E-state index in [9.17, 15) is 18.0 Å². The topological polar surface area (TPSA) is 116 Å². The van der Waals surface area contributed by atoms with Crippen LogP contribution in [0.2, 0.25) is 0 Å². The van der Waals surface area contributed by atoms with E-state index in [2.05, 4.69) is 5.32 Å². The summed E-state index contributed by atoms with van der Waals surface area (Å²) in [5.41, 5.74) is 1.71. The number of ether oxygens (including phenoxy) is 1. The van der Waals surface area contributed by atoms with Crippen LogP contribution in [0.15, 0.2) is 53.4 Å². The van der Waals surface area contributed by atoms with Crippen LogP contribution in [0.5, 0.6) is 0 Å². The molecule has 0 aromatic heterocycles. The van der Waals surface area contributed by atoms with Crippen molar-refractivity contribution in [2.45, 2.75) is 24.8 Å².